The summed E-state index contributed by atoms with van der Waals surface area (Å²) in [7, 11) is 1.60. The zero-order valence-corrected chi connectivity index (χ0v) is 21.1. The number of ether oxygens (including phenoxy) is 1. The van der Waals surface area contributed by atoms with Crippen molar-refractivity contribution in [3.63, 3.8) is 0 Å². The summed E-state index contributed by atoms with van der Waals surface area (Å²) in [5.41, 5.74) is 1.39. The van der Waals surface area contributed by atoms with Gasteiger partial charge in [-0.3, -0.25) is 14.2 Å². The minimum Gasteiger partial charge on any atom is -0.383 e. The molecule has 8 heteroatoms. The van der Waals surface area contributed by atoms with E-state index in [-0.39, 0.29) is 35.1 Å². The van der Waals surface area contributed by atoms with Crippen LogP contribution in [0, 0.1) is 5.82 Å². The van der Waals surface area contributed by atoms with E-state index >= 15 is 0 Å². The van der Waals surface area contributed by atoms with Crippen molar-refractivity contribution < 1.29 is 13.9 Å². The van der Waals surface area contributed by atoms with Gasteiger partial charge >= 0.3 is 0 Å². The van der Waals surface area contributed by atoms with Gasteiger partial charge in [0.05, 0.1) is 29.3 Å². The number of nitrogens with zero attached hydrogens (tertiary/aromatic N) is 3. The summed E-state index contributed by atoms with van der Waals surface area (Å²) in [6.07, 6.45) is 5.34. The maximum atomic E-state index is 13.5. The fourth-order valence-electron chi connectivity index (χ4n) is 4.74. The van der Waals surface area contributed by atoms with Gasteiger partial charge in [-0.25, -0.2) is 9.37 Å². The molecule has 6 nitrogen and oxygen atoms in total. The molecule has 3 aromatic rings. The zero-order chi connectivity index (χ0) is 24.8. The lowest BCUT2D eigenvalue weighted by Gasteiger charge is -2.34. The van der Waals surface area contributed by atoms with E-state index in [1.54, 1.807) is 29.9 Å². The van der Waals surface area contributed by atoms with Crippen LogP contribution in [-0.4, -0.2) is 45.9 Å². The standard InChI is InChI=1S/C27H32FN3O3S/c1-19(17-34-2)31-26(33)23-10-6-7-11-24(23)29-27(31)35-18-25(32)30(22-8-4-3-5-9-22)16-20-12-14-21(28)15-13-20/h6-7,10-15,19,22H,3-5,8-9,16-18H2,1-2H3/t19-/m0/s1. The molecule has 1 saturated carbocycles. The van der Waals surface area contributed by atoms with Crippen LogP contribution in [0.5, 0.6) is 0 Å². The molecule has 0 unspecified atom stereocenters. The number of hydrogen-bond donors (Lipinski definition) is 0. The van der Waals surface area contributed by atoms with Gasteiger partial charge < -0.3 is 9.64 Å². The first-order valence-corrected chi connectivity index (χ1v) is 13.1. The molecule has 0 aliphatic heterocycles. The molecule has 186 valence electrons. The monoisotopic (exact) mass is 497 g/mol. The Kier molecular flexibility index (Phi) is 8.57. The molecule has 1 heterocycles. The number of rotatable bonds is 9. The molecule has 35 heavy (non-hydrogen) atoms. The fourth-order valence-corrected chi connectivity index (χ4v) is 5.72. The molecule has 1 aliphatic rings. The van der Waals surface area contributed by atoms with Gasteiger partial charge in [-0.15, -0.1) is 0 Å². The van der Waals surface area contributed by atoms with Crippen LogP contribution in [-0.2, 0) is 16.1 Å². The van der Waals surface area contributed by atoms with E-state index in [2.05, 4.69) is 0 Å². The van der Waals surface area contributed by atoms with Gasteiger partial charge in [0.2, 0.25) is 5.91 Å². The van der Waals surface area contributed by atoms with E-state index < -0.39 is 0 Å². The summed E-state index contributed by atoms with van der Waals surface area (Å²) in [5.74, 6) is -0.118. The Balaban J connectivity index is 1.59. The van der Waals surface area contributed by atoms with Crippen LogP contribution in [0.25, 0.3) is 10.9 Å². The molecule has 1 amide bonds. The number of aromatic nitrogens is 2. The van der Waals surface area contributed by atoms with Crippen LogP contribution in [0.3, 0.4) is 0 Å². The van der Waals surface area contributed by atoms with Gasteiger partial charge in [-0.1, -0.05) is 55.3 Å². The number of thioether (sulfide) groups is 1. The highest BCUT2D eigenvalue weighted by Crippen LogP contribution is 2.27. The number of halogens is 1. The summed E-state index contributed by atoms with van der Waals surface area (Å²) in [6.45, 7) is 2.72. The van der Waals surface area contributed by atoms with E-state index in [0.29, 0.717) is 29.2 Å². The summed E-state index contributed by atoms with van der Waals surface area (Å²) in [4.78, 5) is 33.5. The molecule has 4 rings (SSSR count). The first kappa shape index (κ1) is 25.4. The normalized spacial score (nSPS) is 15.3. The predicted molar refractivity (Wildman–Crippen MR) is 137 cm³/mol. The molecular weight excluding hydrogens is 465 g/mol. The second-order valence-corrected chi connectivity index (χ2v) is 10.1. The van der Waals surface area contributed by atoms with Crippen molar-refractivity contribution in [3.8, 4) is 0 Å². The molecule has 1 fully saturated rings. The van der Waals surface area contributed by atoms with Crippen molar-refractivity contribution in [2.75, 3.05) is 19.5 Å². The molecule has 1 aromatic heterocycles. The fraction of sp³-hybridized carbons (Fsp3) is 0.444. The highest BCUT2D eigenvalue weighted by Gasteiger charge is 2.26. The Hall–Kier alpha value is -2.71. The average Bonchev–Trinajstić information content (AvgIpc) is 2.87. The Morgan fingerprint density at radius 1 is 1.17 bits per heavy atom. The topological polar surface area (TPSA) is 64.4 Å². The molecular formula is C27H32FN3O3S. The summed E-state index contributed by atoms with van der Waals surface area (Å²) in [5, 5.41) is 1.06. The Morgan fingerprint density at radius 2 is 1.89 bits per heavy atom. The number of para-hydroxylation sites is 1. The third-order valence-corrected chi connectivity index (χ3v) is 7.49. The maximum Gasteiger partial charge on any atom is 0.262 e. The second-order valence-electron chi connectivity index (χ2n) is 9.12. The molecule has 0 saturated heterocycles. The number of carbonyl (C=O) groups is 1. The number of fused-ring (bicyclic) bond motifs is 1. The lowest BCUT2D eigenvalue weighted by Crippen LogP contribution is -2.42. The number of carbonyl (C=O) groups excluding carboxylic acids is 1. The maximum absolute atomic E-state index is 13.5. The second kappa shape index (κ2) is 11.8. The quantitative estimate of drug-likeness (QED) is 0.300. The van der Waals surface area contributed by atoms with E-state index in [1.165, 1.54) is 30.3 Å². The van der Waals surface area contributed by atoms with Crippen LogP contribution in [0.1, 0.15) is 50.6 Å². The number of amides is 1. The predicted octanol–water partition coefficient (Wildman–Crippen LogP) is 5.20. The summed E-state index contributed by atoms with van der Waals surface area (Å²) < 4.78 is 20.4. The zero-order valence-electron chi connectivity index (χ0n) is 20.3. The lowest BCUT2D eigenvalue weighted by atomic mass is 9.94. The lowest BCUT2D eigenvalue weighted by molar-refractivity contribution is -0.132. The first-order chi connectivity index (χ1) is 17.0. The van der Waals surface area contributed by atoms with Crippen molar-refractivity contribution in [2.24, 2.45) is 0 Å². The molecule has 1 aliphatic carbocycles. The van der Waals surface area contributed by atoms with E-state index in [4.69, 9.17) is 9.72 Å². The van der Waals surface area contributed by atoms with Crippen molar-refractivity contribution in [1.29, 1.82) is 0 Å². The summed E-state index contributed by atoms with van der Waals surface area (Å²) >= 11 is 1.29. The molecule has 0 N–H and O–H groups in total. The van der Waals surface area contributed by atoms with Gasteiger partial charge in [0.1, 0.15) is 5.82 Å². The number of hydrogen-bond acceptors (Lipinski definition) is 5. The summed E-state index contributed by atoms with van der Waals surface area (Å²) in [6, 6.07) is 13.5. The Bertz CT molecular complexity index is 1210. The van der Waals surface area contributed by atoms with Gasteiger partial charge in [0.15, 0.2) is 5.16 Å². The van der Waals surface area contributed by atoms with Crippen molar-refractivity contribution in [3.05, 3.63) is 70.3 Å². The smallest absolute Gasteiger partial charge is 0.262 e. The molecule has 0 radical (unpaired) electrons. The van der Waals surface area contributed by atoms with Crippen molar-refractivity contribution in [2.45, 2.75) is 62.8 Å². The average molecular weight is 498 g/mol. The third-order valence-electron chi connectivity index (χ3n) is 6.55. The Labute approximate surface area is 209 Å². The van der Waals surface area contributed by atoms with Crippen molar-refractivity contribution in [1.82, 2.24) is 14.5 Å². The first-order valence-electron chi connectivity index (χ1n) is 12.1. The highest BCUT2D eigenvalue weighted by molar-refractivity contribution is 7.99. The largest absolute Gasteiger partial charge is 0.383 e. The highest BCUT2D eigenvalue weighted by atomic mass is 32.2. The van der Waals surface area contributed by atoms with Gasteiger partial charge in [-0.05, 0) is 49.6 Å². The SMILES string of the molecule is COC[C@H](C)n1c(SCC(=O)N(Cc2ccc(F)cc2)C2CCCCC2)nc2ccccc2c1=O. The van der Waals surface area contributed by atoms with Gasteiger partial charge in [0, 0.05) is 19.7 Å². The molecule has 0 bridgehead atoms. The van der Waals surface area contributed by atoms with Gasteiger partial charge in [0.25, 0.3) is 5.56 Å². The molecule has 2 aromatic carbocycles. The van der Waals surface area contributed by atoms with Crippen molar-refractivity contribution >= 4 is 28.6 Å². The van der Waals surface area contributed by atoms with E-state index in [9.17, 15) is 14.0 Å². The van der Waals surface area contributed by atoms with Crippen LogP contribution < -0.4 is 5.56 Å². The van der Waals surface area contributed by atoms with Crippen LogP contribution >= 0.6 is 11.8 Å². The van der Waals surface area contributed by atoms with Crippen LogP contribution in [0.2, 0.25) is 0 Å². The Morgan fingerprint density at radius 3 is 2.60 bits per heavy atom. The molecule has 0 spiro atoms. The van der Waals surface area contributed by atoms with Gasteiger partial charge in [-0.2, -0.15) is 0 Å². The minimum absolute atomic E-state index is 0.000391. The van der Waals surface area contributed by atoms with E-state index in [1.807, 2.05) is 30.0 Å². The number of methoxy groups -OCH3 is 1. The van der Waals surface area contributed by atoms with E-state index in [0.717, 1.165) is 31.2 Å². The van der Waals surface area contributed by atoms with Crippen LogP contribution in [0.15, 0.2) is 58.5 Å². The minimum atomic E-state index is -0.287. The van der Waals surface area contributed by atoms with Crippen LogP contribution in [0.4, 0.5) is 4.39 Å². The third kappa shape index (κ3) is 6.11. The number of benzene rings is 2. The molecule has 1 atom stereocenters.